The van der Waals surface area contributed by atoms with E-state index in [-0.39, 0.29) is 29.4 Å². The van der Waals surface area contributed by atoms with Gasteiger partial charge in [-0.15, -0.1) is 0 Å². The average Bonchev–Trinajstić information content (AvgIpc) is 2.80. The second-order valence-corrected chi connectivity index (χ2v) is 10.1. The molecule has 1 aliphatic heterocycles. The monoisotopic (exact) mass is 502 g/mol. The van der Waals surface area contributed by atoms with Crippen LogP contribution in [0.2, 0.25) is 0 Å². The summed E-state index contributed by atoms with van der Waals surface area (Å²) in [5.74, 6) is -2.45. The lowest BCUT2D eigenvalue weighted by Crippen LogP contribution is -2.43. The molecule has 188 valence electrons. The Morgan fingerprint density at radius 2 is 2.00 bits per heavy atom. The summed E-state index contributed by atoms with van der Waals surface area (Å²) in [4.78, 5) is 50.6. The molecule has 0 unspecified atom stereocenters. The Labute approximate surface area is 208 Å². The van der Waals surface area contributed by atoms with Gasteiger partial charge in [-0.1, -0.05) is 26.0 Å². The number of carbonyl (C=O) groups is 3. The van der Waals surface area contributed by atoms with Gasteiger partial charge in [0.15, 0.2) is 5.78 Å². The zero-order chi connectivity index (χ0) is 25.9. The molecule has 35 heavy (non-hydrogen) atoms. The summed E-state index contributed by atoms with van der Waals surface area (Å²) in [6, 6.07) is 4.66. The number of thioether (sulfide) groups is 1. The van der Waals surface area contributed by atoms with Crippen LogP contribution in [0.4, 0.5) is 5.69 Å². The van der Waals surface area contributed by atoms with E-state index in [9.17, 15) is 24.5 Å². The molecule has 0 amide bonds. The van der Waals surface area contributed by atoms with Crippen LogP contribution in [0.1, 0.15) is 44.2 Å². The van der Waals surface area contributed by atoms with Crippen LogP contribution in [0.25, 0.3) is 0 Å². The smallest absolute Gasteiger partial charge is 0.336 e. The highest BCUT2D eigenvalue weighted by Crippen LogP contribution is 2.46. The maximum absolute atomic E-state index is 13.7. The number of carbonyl (C=O) groups excluding carboxylic acids is 3. The number of ether oxygens (including phenoxy) is 2. The summed E-state index contributed by atoms with van der Waals surface area (Å²) in [5.41, 5.74) is 2.32. The van der Waals surface area contributed by atoms with Gasteiger partial charge in [0.25, 0.3) is 5.69 Å². The fraction of sp³-hybridized carbons (Fsp3) is 0.480. The standard InChI is InChI=1S/C25H30N2O7S/c1-6-35-10-9-34-25(30)20-15(4)26-17-11-14(3)19(24(29)33-5)23(28)22(17)21(20)16-8-7-13(2)18(12-16)27(31)32/h7-8,12,14,19,21,26H,6,9-11H2,1-5H3/t14-,19+,21+/m1/s1. The molecule has 3 atom stereocenters. The molecule has 9 nitrogen and oxygen atoms in total. The number of rotatable bonds is 8. The summed E-state index contributed by atoms with van der Waals surface area (Å²) in [7, 11) is 1.23. The van der Waals surface area contributed by atoms with Crippen LogP contribution in [0, 0.1) is 28.9 Å². The third kappa shape index (κ3) is 5.27. The Bertz CT molecular complexity index is 1120. The number of allylic oxidation sites excluding steroid dienone is 3. The molecule has 0 fully saturated rings. The second-order valence-electron chi connectivity index (χ2n) is 8.67. The van der Waals surface area contributed by atoms with Gasteiger partial charge in [-0.25, -0.2) is 4.79 Å². The zero-order valence-corrected chi connectivity index (χ0v) is 21.3. The Morgan fingerprint density at radius 1 is 1.29 bits per heavy atom. The lowest BCUT2D eigenvalue weighted by Gasteiger charge is -2.38. The van der Waals surface area contributed by atoms with Crippen LogP contribution in [0.5, 0.6) is 0 Å². The first kappa shape index (κ1) is 26.5. The number of esters is 2. The Balaban J connectivity index is 2.15. The molecule has 1 aromatic rings. The topological polar surface area (TPSA) is 125 Å². The molecule has 0 aromatic heterocycles. The van der Waals surface area contributed by atoms with Crippen molar-refractivity contribution in [3.05, 3.63) is 62.0 Å². The highest BCUT2D eigenvalue weighted by atomic mass is 32.2. The Morgan fingerprint density at radius 3 is 2.63 bits per heavy atom. The summed E-state index contributed by atoms with van der Waals surface area (Å²) in [5, 5.41) is 14.8. The summed E-state index contributed by atoms with van der Waals surface area (Å²) < 4.78 is 10.4. The van der Waals surface area contributed by atoms with E-state index in [1.165, 1.54) is 13.2 Å². The normalized spacial score (nSPS) is 21.9. The lowest BCUT2D eigenvalue weighted by molar-refractivity contribution is -0.385. The molecule has 1 aliphatic carbocycles. The van der Waals surface area contributed by atoms with Gasteiger partial charge in [-0.3, -0.25) is 19.7 Å². The van der Waals surface area contributed by atoms with Gasteiger partial charge in [0.05, 0.1) is 17.6 Å². The number of aryl methyl sites for hydroxylation is 1. The predicted octanol–water partition coefficient (Wildman–Crippen LogP) is 3.81. The number of dihydropyridines is 1. The van der Waals surface area contributed by atoms with E-state index >= 15 is 0 Å². The highest BCUT2D eigenvalue weighted by molar-refractivity contribution is 7.99. The highest BCUT2D eigenvalue weighted by Gasteiger charge is 2.47. The van der Waals surface area contributed by atoms with E-state index in [2.05, 4.69) is 5.32 Å². The minimum absolute atomic E-state index is 0.117. The van der Waals surface area contributed by atoms with Crippen LogP contribution in [-0.2, 0) is 23.9 Å². The fourth-order valence-electron chi connectivity index (χ4n) is 4.70. The quantitative estimate of drug-likeness (QED) is 0.186. The second kappa shape index (κ2) is 11.1. The minimum atomic E-state index is -1.03. The number of benzene rings is 1. The lowest BCUT2D eigenvalue weighted by atomic mass is 9.69. The fourth-order valence-corrected chi connectivity index (χ4v) is 5.19. The van der Waals surface area contributed by atoms with Crippen molar-refractivity contribution in [1.82, 2.24) is 5.32 Å². The molecule has 0 saturated heterocycles. The molecule has 0 bridgehead atoms. The number of nitro benzene ring substituents is 1. The first-order valence-corrected chi connectivity index (χ1v) is 12.6. The van der Waals surface area contributed by atoms with Crippen LogP contribution in [0.3, 0.4) is 0 Å². The first-order valence-electron chi connectivity index (χ1n) is 11.4. The van der Waals surface area contributed by atoms with E-state index < -0.39 is 34.5 Å². The predicted molar refractivity (Wildman–Crippen MR) is 132 cm³/mol. The number of ketones is 1. The number of methoxy groups -OCH3 is 1. The zero-order valence-electron chi connectivity index (χ0n) is 20.5. The van der Waals surface area contributed by atoms with Crippen LogP contribution in [-0.4, -0.2) is 47.9 Å². The van der Waals surface area contributed by atoms with Gasteiger partial charge in [-0.05, 0) is 37.5 Å². The van der Waals surface area contributed by atoms with Gasteiger partial charge in [0.2, 0.25) is 0 Å². The maximum atomic E-state index is 13.7. The molecule has 0 radical (unpaired) electrons. The number of nitrogens with zero attached hydrogens (tertiary/aromatic N) is 1. The van der Waals surface area contributed by atoms with Crippen LogP contribution >= 0.6 is 11.8 Å². The van der Waals surface area contributed by atoms with E-state index in [0.717, 1.165) is 5.75 Å². The van der Waals surface area contributed by atoms with Gasteiger partial charge >= 0.3 is 11.9 Å². The number of nitrogens with one attached hydrogen (secondary N) is 1. The van der Waals surface area contributed by atoms with E-state index in [4.69, 9.17) is 9.47 Å². The number of hydrogen-bond acceptors (Lipinski definition) is 9. The molecule has 0 saturated carbocycles. The van der Waals surface area contributed by atoms with E-state index in [1.807, 2.05) is 6.92 Å². The average molecular weight is 503 g/mol. The van der Waals surface area contributed by atoms with E-state index in [1.54, 1.807) is 44.7 Å². The van der Waals surface area contributed by atoms with Gasteiger partial charge in [-0.2, -0.15) is 11.8 Å². The van der Waals surface area contributed by atoms with Crippen molar-refractivity contribution in [3.8, 4) is 0 Å². The van der Waals surface area contributed by atoms with Gasteiger partial charge in [0, 0.05) is 40.3 Å². The SMILES string of the molecule is CCSCCOC(=O)C1=C(C)NC2=C(C(=O)[C@@H](C(=O)OC)[C@H](C)C2)[C@H]1c1ccc(C)c([N+](=O)[O-])c1. The maximum Gasteiger partial charge on any atom is 0.336 e. The van der Waals surface area contributed by atoms with Crippen LogP contribution < -0.4 is 5.32 Å². The van der Waals surface area contributed by atoms with Crippen molar-refractivity contribution in [2.24, 2.45) is 11.8 Å². The van der Waals surface area contributed by atoms with Crippen molar-refractivity contribution in [1.29, 1.82) is 0 Å². The summed E-state index contributed by atoms with van der Waals surface area (Å²) in [6.45, 7) is 7.34. The van der Waals surface area contributed by atoms with Crippen LogP contribution in [0.15, 0.2) is 40.7 Å². The largest absolute Gasteiger partial charge is 0.468 e. The molecule has 1 N–H and O–H groups in total. The van der Waals surface area contributed by atoms with Crippen molar-refractivity contribution in [2.75, 3.05) is 25.2 Å². The molecule has 1 heterocycles. The van der Waals surface area contributed by atoms with Crippen molar-refractivity contribution < 1.29 is 28.8 Å². The number of Topliss-reactive ketones (excluding diaryl/α,β-unsaturated/α-hetero) is 1. The van der Waals surface area contributed by atoms with Crippen molar-refractivity contribution in [2.45, 2.75) is 40.0 Å². The summed E-state index contributed by atoms with van der Waals surface area (Å²) in [6.07, 6.45) is 0.387. The van der Waals surface area contributed by atoms with Gasteiger partial charge in [0.1, 0.15) is 12.5 Å². The van der Waals surface area contributed by atoms with Crippen molar-refractivity contribution >= 4 is 35.2 Å². The van der Waals surface area contributed by atoms with E-state index in [0.29, 0.717) is 34.7 Å². The molecule has 0 spiro atoms. The number of hydrogen-bond donors (Lipinski definition) is 1. The van der Waals surface area contributed by atoms with Crippen molar-refractivity contribution in [3.63, 3.8) is 0 Å². The molecule has 10 heteroatoms. The Kier molecular flexibility index (Phi) is 8.37. The third-order valence-corrected chi connectivity index (χ3v) is 7.25. The van der Waals surface area contributed by atoms with Gasteiger partial charge < -0.3 is 14.8 Å². The molecular weight excluding hydrogens is 472 g/mol. The summed E-state index contributed by atoms with van der Waals surface area (Å²) >= 11 is 1.63. The molecule has 3 rings (SSSR count). The first-order chi connectivity index (χ1) is 16.6. The molecular formula is C25H30N2O7S. The molecule has 2 aliphatic rings. The Hall–Kier alpha value is -3.14. The minimum Gasteiger partial charge on any atom is -0.468 e. The number of nitro groups is 1. The molecule has 1 aromatic carbocycles. The third-order valence-electron chi connectivity index (χ3n) is 6.39.